The summed E-state index contributed by atoms with van der Waals surface area (Å²) in [6, 6.07) is 2.25. The van der Waals surface area contributed by atoms with Crippen molar-refractivity contribution in [3.63, 3.8) is 0 Å². The van der Waals surface area contributed by atoms with Crippen LogP contribution in [-0.2, 0) is 9.53 Å². The Bertz CT molecular complexity index is 363. The first-order chi connectivity index (χ1) is 7.52. The molecular formula is C13H22N2O2. The lowest BCUT2D eigenvalue weighted by Crippen LogP contribution is -2.46. The first kappa shape index (κ1) is 14.0. The minimum Gasteiger partial charge on any atom is -0.460 e. The van der Waals surface area contributed by atoms with Crippen LogP contribution in [0.25, 0.3) is 0 Å². The van der Waals surface area contributed by atoms with Crippen molar-refractivity contribution in [1.29, 1.82) is 5.26 Å². The molecule has 1 rings (SSSR count). The average molecular weight is 238 g/mol. The molecule has 0 radical (unpaired) electrons. The first-order valence-electron chi connectivity index (χ1n) is 5.91. The zero-order valence-electron chi connectivity index (χ0n) is 11.5. The Morgan fingerprint density at radius 3 is 2.35 bits per heavy atom. The summed E-state index contributed by atoms with van der Waals surface area (Å²) in [4.78, 5) is 12.2. The van der Waals surface area contributed by atoms with Crippen LogP contribution in [0.5, 0.6) is 0 Å². The van der Waals surface area contributed by atoms with Gasteiger partial charge in [-0.1, -0.05) is 0 Å². The smallest absolute Gasteiger partial charge is 0.312 e. The van der Waals surface area contributed by atoms with Gasteiger partial charge >= 0.3 is 5.97 Å². The summed E-state index contributed by atoms with van der Waals surface area (Å²) in [5.41, 5.74) is -1.63. The predicted molar refractivity (Wildman–Crippen MR) is 65.1 cm³/mol. The highest BCUT2D eigenvalue weighted by Gasteiger charge is 2.55. The molecule has 1 N–H and O–H groups in total. The van der Waals surface area contributed by atoms with Gasteiger partial charge in [0, 0.05) is 12.1 Å². The van der Waals surface area contributed by atoms with E-state index in [1.165, 1.54) is 0 Å². The van der Waals surface area contributed by atoms with E-state index in [0.717, 1.165) is 0 Å². The molecule has 0 aromatic rings. The molecule has 1 saturated heterocycles. The van der Waals surface area contributed by atoms with E-state index in [-0.39, 0.29) is 5.97 Å². The maximum atomic E-state index is 12.2. The highest BCUT2D eigenvalue weighted by atomic mass is 16.6. The molecule has 0 aromatic carbocycles. The van der Waals surface area contributed by atoms with E-state index in [1.54, 1.807) is 0 Å². The van der Waals surface area contributed by atoms with E-state index in [1.807, 2.05) is 41.5 Å². The summed E-state index contributed by atoms with van der Waals surface area (Å²) in [6.45, 7) is 11.7. The van der Waals surface area contributed by atoms with Gasteiger partial charge in [0.05, 0.1) is 17.4 Å². The van der Waals surface area contributed by atoms with Crippen LogP contribution in [0.4, 0.5) is 0 Å². The molecule has 0 aromatic heterocycles. The molecule has 1 unspecified atom stereocenters. The Labute approximate surface area is 103 Å². The fourth-order valence-electron chi connectivity index (χ4n) is 2.43. The van der Waals surface area contributed by atoms with Crippen LogP contribution in [0.3, 0.4) is 0 Å². The number of rotatable bonds is 1. The van der Waals surface area contributed by atoms with Gasteiger partial charge in [-0.15, -0.1) is 0 Å². The standard InChI is InChI=1S/C13H22N2O2/c1-11(2,3)17-10(16)9-12(4,5)15-8-13(9,6)7-14/h9,15H,8H2,1-6H3/t9?,13-/m0/s1. The molecule has 96 valence electrons. The summed E-state index contributed by atoms with van der Waals surface area (Å²) in [6.07, 6.45) is 0. The molecule has 0 amide bonds. The molecule has 0 spiro atoms. The van der Waals surface area contributed by atoms with Gasteiger partial charge in [-0.3, -0.25) is 4.79 Å². The molecule has 4 heteroatoms. The fraction of sp³-hybridized carbons (Fsp3) is 0.846. The van der Waals surface area contributed by atoms with Crippen LogP contribution in [0.1, 0.15) is 41.5 Å². The van der Waals surface area contributed by atoms with Crippen LogP contribution in [0.15, 0.2) is 0 Å². The van der Waals surface area contributed by atoms with Crippen molar-refractivity contribution in [2.45, 2.75) is 52.7 Å². The molecule has 0 aliphatic carbocycles. The quantitative estimate of drug-likeness (QED) is 0.708. The van der Waals surface area contributed by atoms with Crippen molar-refractivity contribution < 1.29 is 9.53 Å². The fourth-order valence-corrected chi connectivity index (χ4v) is 2.43. The molecule has 17 heavy (non-hydrogen) atoms. The van der Waals surface area contributed by atoms with Crippen molar-refractivity contribution >= 4 is 5.97 Å². The van der Waals surface area contributed by atoms with Gasteiger partial charge < -0.3 is 10.1 Å². The molecule has 0 saturated carbocycles. The van der Waals surface area contributed by atoms with E-state index in [0.29, 0.717) is 6.54 Å². The maximum Gasteiger partial charge on any atom is 0.312 e. The number of nitriles is 1. The SMILES string of the molecule is CC(C)(C)OC(=O)C1C(C)(C)NC[C@]1(C)C#N. The van der Waals surface area contributed by atoms with E-state index in [4.69, 9.17) is 4.74 Å². The predicted octanol–water partition coefficient (Wildman–Crippen LogP) is 1.86. The number of hydrogen-bond donors (Lipinski definition) is 1. The highest BCUT2D eigenvalue weighted by Crippen LogP contribution is 2.41. The minimum atomic E-state index is -0.703. The molecule has 1 fully saturated rings. The van der Waals surface area contributed by atoms with Gasteiger partial charge in [-0.25, -0.2) is 0 Å². The summed E-state index contributed by atoms with van der Waals surface area (Å²) in [7, 11) is 0. The Hall–Kier alpha value is -1.08. The maximum absolute atomic E-state index is 12.2. The Balaban J connectivity index is 3.00. The zero-order chi connectivity index (χ0) is 13.5. The molecule has 1 aliphatic heterocycles. The molecular weight excluding hydrogens is 216 g/mol. The van der Waals surface area contributed by atoms with Crippen LogP contribution in [0.2, 0.25) is 0 Å². The van der Waals surface area contributed by atoms with Crippen molar-refractivity contribution in [2.75, 3.05) is 6.54 Å². The largest absolute Gasteiger partial charge is 0.460 e. The molecule has 0 bridgehead atoms. The van der Waals surface area contributed by atoms with Gasteiger partial charge in [-0.2, -0.15) is 5.26 Å². The van der Waals surface area contributed by atoms with Crippen LogP contribution in [-0.4, -0.2) is 23.7 Å². The zero-order valence-corrected chi connectivity index (χ0v) is 11.5. The second-order valence-electron chi connectivity index (χ2n) is 6.57. The van der Waals surface area contributed by atoms with E-state index in [9.17, 15) is 10.1 Å². The summed E-state index contributed by atoms with van der Waals surface area (Å²) < 4.78 is 5.42. The number of nitrogens with one attached hydrogen (secondary N) is 1. The number of nitrogens with zero attached hydrogens (tertiary/aromatic N) is 1. The first-order valence-corrected chi connectivity index (χ1v) is 5.91. The second-order valence-corrected chi connectivity index (χ2v) is 6.57. The number of hydrogen-bond acceptors (Lipinski definition) is 4. The van der Waals surface area contributed by atoms with Crippen molar-refractivity contribution in [1.82, 2.24) is 5.32 Å². The Morgan fingerprint density at radius 1 is 1.41 bits per heavy atom. The van der Waals surface area contributed by atoms with Crippen LogP contribution >= 0.6 is 0 Å². The van der Waals surface area contributed by atoms with Crippen LogP contribution < -0.4 is 5.32 Å². The van der Waals surface area contributed by atoms with Crippen LogP contribution in [0, 0.1) is 22.7 Å². The molecule has 2 atom stereocenters. The van der Waals surface area contributed by atoms with Gasteiger partial charge in [0.1, 0.15) is 5.60 Å². The topological polar surface area (TPSA) is 62.1 Å². The van der Waals surface area contributed by atoms with E-state index < -0.39 is 22.5 Å². The molecule has 1 aliphatic rings. The Kier molecular flexibility index (Phi) is 3.28. The third kappa shape index (κ3) is 2.78. The highest BCUT2D eigenvalue weighted by molar-refractivity contribution is 5.76. The second kappa shape index (κ2) is 3.99. The van der Waals surface area contributed by atoms with Gasteiger partial charge in [0.25, 0.3) is 0 Å². The third-order valence-corrected chi connectivity index (χ3v) is 3.17. The van der Waals surface area contributed by atoms with Crippen molar-refractivity contribution in [3.05, 3.63) is 0 Å². The summed E-state index contributed by atoms with van der Waals surface area (Å²) >= 11 is 0. The summed E-state index contributed by atoms with van der Waals surface area (Å²) in [5, 5.41) is 12.5. The van der Waals surface area contributed by atoms with E-state index >= 15 is 0 Å². The number of esters is 1. The number of ether oxygens (including phenoxy) is 1. The third-order valence-electron chi connectivity index (χ3n) is 3.17. The lowest BCUT2D eigenvalue weighted by Gasteiger charge is -2.33. The molecule has 4 nitrogen and oxygen atoms in total. The average Bonchev–Trinajstić information content (AvgIpc) is 2.35. The monoisotopic (exact) mass is 238 g/mol. The van der Waals surface area contributed by atoms with E-state index in [2.05, 4.69) is 11.4 Å². The molecule has 1 heterocycles. The minimum absolute atomic E-state index is 0.295. The normalized spacial score (nSPS) is 31.9. The van der Waals surface area contributed by atoms with Gasteiger partial charge in [0.15, 0.2) is 0 Å². The van der Waals surface area contributed by atoms with Crippen molar-refractivity contribution in [3.8, 4) is 6.07 Å². The Morgan fingerprint density at radius 2 is 1.94 bits per heavy atom. The lowest BCUT2D eigenvalue weighted by atomic mass is 9.73. The van der Waals surface area contributed by atoms with Gasteiger partial charge in [0.2, 0.25) is 0 Å². The number of carbonyl (C=O) groups excluding carboxylic acids is 1. The van der Waals surface area contributed by atoms with Crippen molar-refractivity contribution in [2.24, 2.45) is 11.3 Å². The number of carbonyl (C=O) groups is 1. The lowest BCUT2D eigenvalue weighted by molar-refractivity contribution is -0.164. The summed E-state index contributed by atoms with van der Waals surface area (Å²) in [5.74, 6) is -0.740. The van der Waals surface area contributed by atoms with Gasteiger partial charge in [-0.05, 0) is 41.5 Å².